The second-order valence-electron chi connectivity index (χ2n) is 5.24. The van der Waals surface area contributed by atoms with E-state index in [0.717, 1.165) is 4.47 Å². The highest BCUT2D eigenvalue weighted by Crippen LogP contribution is 2.32. The normalized spacial score (nSPS) is 15.5. The number of phenolic OH excluding ortho intramolecular Hbond substituents is 1. The fraction of sp³-hybridized carbons (Fsp3) is 0.118. The topological polar surface area (TPSA) is 89.7 Å². The minimum absolute atomic E-state index is 0.175. The molecule has 0 saturated heterocycles. The number of nitro benzene ring substituents is 1. The largest absolute Gasteiger partial charge is 0.502 e. The van der Waals surface area contributed by atoms with Crippen LogP contribution in [0.15, 0.2) is 46.4 Å². The number of ketones is 1. The molecule has 0 bridgehead atoms. The first-order valence-corrected chi connectivity index (χ1v) is 7.90. The van der Waals surface area contributed by atoms with Gasteiger partial charge in [0.1, 0.15) is 5.75 Å². The summed E-state index contributed by atoms with van der Waals surface area (Å²) >= 11 is 3.34. The number of hydrogen-bond donors (Lipinski definition) is 1. The summed E-state index contributed by atoms with van der Waals surface area (Å²) in [4.78, 5) is 22.9. The Kier molecular flexibility index (Phi) is 4.35. The molecule has 122 valence electrons. The van der Waals surface area contributed by atoms with Crippen molar-refractivity contribution in [3.8, 4) is 11.5 Å². The molecule has 6 nitrogen and oxygen atoms in total. The maximum atomic E-state index is 12.7. The number of rotatable bonds is 2. The van der Waals surface area contributed by atoms with Gasteiger partial charge in [-0.2, -0.15) is 0 Å². The van der Waals surface area contributed by atoms with Crippen LogP contribution in [0.4, 0.5) is 5.69 Å². The Morgan fingerprint density at radius 3 is 2.79 bits per heavy atom. The van der Waals surface area contributed by atoms with Crippen LogP contribution in [0, 0.1) is 10.1 Å². The molecule has 1 heterocycles. The zero-order valence-corrected chi connectivity index (χ0v) is 13.9. The van der Waals surface area contributed by atoms with Gasteiger partial charge < -0.3 is 9.84 Å². The third-order valence-electron chi connectivity index (χ3n) is 3.65. The monoisotopic (exact) mass is 389 g/mol. The molecule has 0 spiro atoms. The van der Waals surface area contributed by atoms with Crippen LogP contribution in [0.1, 0.15) is 22.3 Å². The molecule has 0 aromatic heterocycles. The molecule has 0 fully saturated rings. The van der Waals surface area contributed by atoms with Gasteiger partial charge in [0.25, 0.3) is 0 Å². The van der Waals surface area contributed by atoms with Crippen molar-refractivity contribution in [2.75, 3.05) is 6.61 Å². The van der Waals surface area contributed by atoms with E-state index in [1.54, 1.807) is 24.3 Å². The Morgan fingerprint density at radius 2 is 2.04 bits per heavy atom. The number of Topliss-reactive ketones (excluding diaryl/α,β-unsaturated/α-hetero) is 1. The summed E-state index contributed by atoms with van der Waals surface area (Å²) in [6, 6.07) is 9.18. The van der Waals surface area contributed by atoms with Crippen LogP contribution in [-0.2, 0) is 0 Å². The van der Waals surface area contributed by atoms with Gasteiger partial charge in [-0.15, -0.1) is 0 Å². The molecule has 0 aliphatic carbocycles. The predicted molar refractivity (Wildman–Crippen MR) is 91.3 cm³/mol. The van der Waals surface area contributed by atoms with Crippen molar-refractivity contribution in [3.05, 3.63) is 67.7 Å². The van der Waals surface area contributed by atoms with Crippen molar-refractivity contribution < 1.29 is 19.6 Å². The number of phenols is 1. The fourth-order valence-corrected chi connectivity index (χ4v) is 2.82. The van der Waals surface area contributed by atoms with Crippen LogP contribution in [-0.4, -0.2) is 22.4 Å². The number of nitro groups is 1. The van der Waals surface area contributed by atoms with E-state index in [1.165, 1.54) is 18.2 Å². The second kappa shape index (κ2) is 6.45. The lowest BCUT2D eigenvalue weighted by atomic mass is 9.99. The number of carbonyl (C=O) groups excluding carboxylic acids is 1. The number of nitrogens with zero attached hydrogens (tertiary/aromatic N) is 1. The van der Waals surface area contributed by atoms with E-state index in [1.807, 2.05) is 0 Å². The minimum atomic E-state index is -0.664. The van der Waals surface area contributed by atoms with E-state index in [2.05, 4.69) is 15.9 Å². The minimum Gasteiger partial charge on any atom is -0.502 e. The van der Waals surface area contributed by atoms with E-state index in [0.29, 0.717) is 35.5 Å². The smallest absolute Gasteiger partial charge is 0.311 e. The molecule has 0 radical (unpaired) electrons. The summed E-state index contributed by atoms with van der Waals surface area (Å²) < 4.78 is 6.42. The van der Waals surface area contributed by atoms with Crippen molar-refractivity contribution in [2.45, 2.75) is 6.42 Å². The van der Waals surface area contributed by atoms with Crippen molar-refractivity contribution in [3.63, 3.8) is 0 Å². The van der Waals surface area contributed by atoms with E-state index in [-0.39, 0.29) is 5.78 Å². The number of aromatic hydroxyl groups is 1. The van der Waals surface area contributed by atoms with E-state index < -0.39 is 16.4 Å². The Bertz CT molecular complexity index is 875. The zero-order chi connectivity index (χ0) is 17.3. The maximum absolute atomic E-state index is 12.7. The van der Waals surface area contributed by atoms with E-state index >= 15 is 0 Å². The molecule has 2 aromatic rings. The standard InChI is InChI=1S/C17H12BrNO5/c18-12-2-3-13-16(9-12)24-6-5-11(17(13)21)7-10-1-4-15(20)14(8-10)19(22)23/h1-4,7-9,20H,5-6H2/b11-7+. The van der Waals surface area contributed by atoms with Gasteiger partial charge in [0, 0.05) is 22.5 Å². The van der Waals surface area contributed by atoms with Gasteiger partial charge in [-0.25, -0.2) is 0 Å². The zero-order valence-electron chi connectivity index (χ0n) is 12.4. The lowest BCUT2D eigenvalue weighted by molar-refractivity contribution is -0.385. The number of ether oxygens (including phenoxy) is 1. The molecule has 1 aliphatic heterocycles. The Hall–Kier alpha value is -2.67. The summed E-state index contributed by atoms with van der Waals surface area (Å²) in [7, 11) is 0. The highest BCUT2D eigenvalue weighted by atomic mass is 79.9. The second-order valence-corrected chi connectivity index (χ2v) is 6.16. The lowest BCUT2D eigenvalue weighted by Gasteiger charge is -2.05. The summed E-state index contributed by atoms with van der Waals surface area (Å²) in [6.07, 6.45) is 1.98. The Morgan fingerprint density at radius 1 is 1.25 bits per heavy atom. The quantitative estimate of drug-likeness (QED) is 0.474. The third-order valence-corrected chi connectivity index (χ3v) is 4.14. The summed E-state index contributed by atoms with van der Waals surface area (Å²) in [6.45, 7) is 0.335. The van der Waals surface area contributed by atoms with E-state index in [4.69, 9.17) is 4.74 Å². The maximum Gasteiger partial charge on any atom is 0.311 e. The summed E-state index contributed by atoms with van der Waals surface area (Å²) in [5, 5.41) is 20.4. The molecular formula is C17H12BrNO5. The van der Waals surface area contributed by atoms with E-state index in [9.17, 15) is 20.0 Å². The van der Waals surface area contributed by atoms with Gasteiger partial charge in [-0.3, -0.25) is 14.9 Å². The Labute approximate surface area is 145 Å². The van der Waals surface area contributed by atoms with Crippen LogP contribution in [0.3, 0.4) is 0 Å². The third kappa shape index (κ3) is 3.16. The number of hydrogen-bond acceptors (Lipinski definition) is 5. The Balaban J connectivity index is 2.01. The van der Waals surface area contributed by atoms with Crippen LogP contribution in [0.25, 0.3) is 6.08 Å². The molecule has 1 N–H and O–H groups in total. The molecule has 0 amide bonds. The first kappa shape index (κ1) is 16.2. The highest BCUT2D eigenvalue weighted by Gasteiger charge is 2.22. The highest BCUT2D eigenvalue weighted by molar-refractivity contribution is 9.10. The summed E-state index contributed by atoms with van der Waals surface area (Å²) in [5.74, 6) is -0.0759. The lowest BCUT2D eigenvalue weighted by Crippen LogP contribution is -2.02. The molecule has 0 unspecified atom stereocenters. The van der Waals surface area contributed by atoms with Gasteiger partial charge in [-0.1, -0.05) is 22.0 Å². The van der Waals surface area contributed by atoms with Gasteiger partial charge in [-0.05, 0) is 35.9 Å². The number of benzene rings is 2. The molecule has 7 heteroatoms. The first-order chi connectivity index (χ1) is 11.5. The van der Waals surface area contributed by atoms with Gasteiger partial charge in [0.05, 0.1) is 17.1 Å². The summed E-state index contributed by atoms with van der Waals surface area (Å²) in [5.41, 5.74) is 1.03. The number of carbonyl (C=O) groups is 1. The van der Waals surface area contributed by atoms with Crippen molar-refractivity contribution in [1.82, 2.24) is 0 Å². The fourth-order valence-electron chi connectivity index (χ4n) is 2.48. The average Bonchev–Trinajstić information content (AvgIpc) is 2.68. The molecule has 1 aliphatic rings. The predicted octanol–water partition coefficient (Wildman–Crippen LogP) is 4.11. The van der Waals surface area contributed by atoms with Crippen LogP contribution >= 0.6 is 15.9 Å². The number of fused-ring (bicyclic) bond motifs is 1. The van der Waals surface area contributed by atoms with Crippen LogP contribution < -0.4 is 4.74 Å². The molecule has 24 heavy (non-hydrogen) atoms. The van der Waals surface area contributed by atoms with Gasteiger partial charge in [0.15, 0.2) is 11.5 Å². The molecular weight excluding hydrogens is 378 g/mol. The van der Waals surface area contributed by atoms with Gasteiger partial charge in [0.2, 0.25) is 0 Å². The molecule has 0 saturated carbocycles. The molecule has 0 atom stereocenters. The molecule has 3 rings (SSSR count). The van der Waals surface area contributed by atoms with Crippen LogP contribution in [0.2, 0.25) is 0 Å². The number of halogens is 1. The SMILES string of the molecule is O=C1/C(=C/c2ccc(O)c([N+](=O)[O-])c2)CCOc2cc(Br)ccc21. The molecule has 2 aromatic carbocycles. The van der Waals surface area contributed by atoms with Gasteiger partial charge >= 0.3 is 5.69 Å². The van der Waals surface area contributed by atoms with Crippen molar-refractivity contribution in [2.24, 2.45) is 0 Å². The van der Waals surface area contributed by atoms with Crippen molar-refractivity contribution >= 4 is 33.5 Å². The van der Waals surface area contributed by atoms with Crippen LogP contribution in [0.5, 0.6) is 11.5 Å². The first-order valence-electron chi connectivity index (χ1n) is 7.11. The average molecular weight is 390 g/mol. The van der Waals surface area contributed by atoms with Crippen molar-refractivity contribution in [1.29, 1.82) is 0 Å².